The molecule has 0 aliphatic heterocycles. The van der Waals surface area contributed by atoms with Gasteiger partial charge in [0.1, 0.15) is 23.3 Å². The van der Waals surface area contributed by atoms with Crippen molar-refractivity contribution in [1.29, 1.82) is 0 Å². The normalized spacial score (nSPS) is 13.4. The molecule has 2 aromatic rings. The van der Waals surface area contributed by atoms with Gasteiger partial charge in [0.05, 0.1) is 0 Å². The number of halogens is 4. The third kappa shape index (κ3) is 3.44. The highest BCUT2D eigenvalue weighted by atomic mass is 79.9. The van der Waals surface area contributed by atoms with Gasteiger partial charge in [-0.15, -0.1) is 0 Å². The van der Waals surface area contributed by atoms with Crippen LogP contribution in [0.25, 0.3) is 11.4 Å². The molecule has 0 amide bonds. The van der Waals surface area contributed by atoms with Gasteiger partial charge in [-0.25, -0.2) is 4.68 Å². The molecule has 0 aliphatic rings. The summed E-state index contributed by atoms with van der Waals surface area (Å²) in [5.41, 5.74) is -0.372. The molecule has 0 bridgehead atoms. The van der Waals surface area contributed by atoms with Gasteiger partial charge in [0.2, 0.25) is 0 Å². The van der Waals surface area contributed by atoms with Gasteiger partial charge in [0.15, 0.2) is 0 Å². The van der Waals surface area contributed by atoms with E-state index in [2.05, 4.69) is 26.0 Å². The third-order valence-corrected chi connectivity index (χ3v) is 3.42. The van der Waals surface area contributed by atoms with Crippen LogP contribution >= 0.6 is 15.9 Å². The van der Waals surface area contributed by atoms with Crippen molar-refractivity contribution in [3.8, 4) is 11.4 Å². The van der Waals surface area contributed by atoms with Gasteiger partial charge in [0, 0.05) is 17.3 Å². The zero-order valence-electron chi connectivity index (χ0n) is 11.4. The van der Waals surface area contributed by atoms with Crippen LogP contribution < -0.4 is 0 Å². The molecule has 2 heterocycles. The van der Waals surface area contributed by atoms with Gasteiger partial charge >= 0.3 is 6.18 Å². The van der Waals surface area contributed by atoms with E-state index in [0.717, 1.165) is 10.7 Å². The summed E-state index contributed by atoms with van der Waals surface area (Å²) in [6, 6.07) is 4.35. The lowest BCUT2D eigenvalue weighted by molar-refractivity contribution is -0.149. The molecule has 0 spiro atoms. The average Bonchev–Trinajstić information content (AvgIpc) is 2.84. The summed E-state index contributed by atoms with van der Waals surface area (Å²) >= 11 is 3.26. The van der Waals surface area contributed by atoms with Crippen LogP contribution in [0.4, 0.5) is 13.2 Å². The maximum absolute atomic E-state index is 13.1. The Morgan fingerprint density at radius 1 is 1.43 bits per heavy atom. The maximum atomic E-state index is 13.1. The molecule has 0 saturated carbocycles. The third-order valence-electron chi connectivity index (χ3n) is 2.78. The van der Waals surface area contributed by atoms with Gasteiger partial charge in [0.25, 0.3) is 0 Å². The molecule has 1 unspecified atom stereocenters. The van der Waals surface area contributed by atoms with E-state index in [1.165, 1.54) is 13.1 Å². The van der Waals surface area contributed by atoms with Gasteiger partial charge in [-0.2, -0.15) is 18.3 Å². The van der Waals surface area contributed by atoms with Gasteiger partial charge in [-0.1, -0.05) is 0 Å². The minimum atomic E-state index is -4.52. The fourth-order valence-electron chi connectivity index (χ4n) is 1.89. The number of rotatable bonds is 4. The number of hydrogen-bond acceptors (Lipinski definition) is 3. The van der Waals surface area contributed by atoms with E-state index in [4.69, 9.17) is 4.74 Å². The molecule has 21 heavy (non-hydrogen) atoms. The first-order chi connectivity index (χ1) is 9.84. The minimum absolute atomic E-state index is 0.140. The first-order valence-corrected chi connectivity index (χ1v) is 7.03. The van der Waals surface area contributed by atoms with Gasteiger partial charge < -0.3 is 4.74 Å². The summed E-state index contributed by atoms with van der Waals surface area (Å²) in [6.07, 6.45) is -3.83. The SMILES string of the molecule is CCOC(C)n1nc(-c2ncccc2Br)cc1C(F)(F)F. The predicted octanol–water partition coefficient (Wildman–Crippen LogP) is 4.28. The molecule has 0 aromatic carbocycles. The lowest BCUT2D eigenvalue weighted by Gasteiger charge is -2.16. The quantitative estimate of drug-likeness (QED) is 0.813. The molecular weight excluding hydrogens is 351 g/mol. The van der Waals surface area contributed by atoms with E-state index < -0.39 is 18.1 Å². The molecule has 4 nitrogen and oxygen atoms in total. The highest BCUT2D eigenvalue weighted by molar-refractivity contribution is 9.10. The Bertz CT molecular complexity index is 627. The highest BCUT2D eigenvalue weighted by Crippen LogP contribution is 2.35. The number of aromatic nitrogens is 3. The monoisotopic (exact) mass is 363 g/mol. The lowest BCUT2D eigenvalue weighted by atomic mass is 10.2. The van der Waals surface area contributed by atoms with Crippen molar-refractivity contribution in [2.45, 2.75) is 26.3 Å². The number of nitrogens with zero attached hydrogens (tertiary/aromatic N) is 3. The Labute approximate surface area is 128 Å². The standard InChI is InChI=1S/C13H13BrF3N3O/c1-3-21-8(2)20-11(13(15,16)17)7-10(19-20)12-9(14)5-4-6-18-12/h4-8H,3H2,1-2H3. The molecule has 0 radical (unpaired) electrons. The van der Waals surface area contributed by atoms with Crippen molar-refractivity contribution in [3.05, 3.63) is 34.6 Å². The van der Waals surface area contributed by atoms with Gasteiger partial charge in [-0.3, -0.25) is 4.98 Å². The summed E-state index contributed by atoms with van der Waals surface area (Å²) in [5, 5.41) is 4.01. The number of hydrogen-bond donors (Lipinski definition) is 0. The van der Waals surface area contributed by atoms with Crippen LogP contribution in [0.3, 0.4) is 0 Å². The Kier molecular flexibility index (Phi) is 4.67. The van der Waals surface area contributed by atoms with Crippen LogP contribution in [-0.4, -0.2) is 21.4 Å². The number of ether oxygens (including phenoxy) is 1. The smallest absolute Gasteiger partial charge is 0.357 e. The van der Waals surface area contributed by atoms with Crippen molar-refractivity contribution in [2.24, 2.45) is 0 Å². The van der Waals surface area contributed by atoms with Crippen molar-refractivity contribution in [2.75, 3.05) is 6.61 Å². The fraction of sp³-hybridized carbons (Fsp3) is 0.385. The summed E-state index contributed by atoms with van der Waals surface area (Å²) in [5.74, 6) is 0. The Morgan fingerprint density at radius 2 is 2.14 bits per heavy atom. The molecule has 114 valence electrons. The van der Waals surface area contributed by atoms with Crippen molar-refractivity contribution in [1.82, 2.24) is 14.8 Å². The second-order valence-corrected chi connectivity index (χ2v) is 5.10. The molecule has 1 atom stereocenters. The Balaban J connectivity index is 2.53. The van der Waals surface area contributed by atoms with Crippen molar-refractivity contribution in [3.63, 3.8) is 0 Å². The fourth-order valence-corrected chi connectivity index (χ4v) is 2.34. The van der Waals surface area contributed by atoms with E-state index in [9.17, 15) is 13.2 Å². The van der Waals surface area contributed by atoms with E-state index in [0.29, 0.717) is 16.8 Å². The molecule has 8 heteroatoms. The zero-order chi connectivity index (χ0) is 15.6. The molecule has 0 N–H and O–H groups in total. The van der Waals surface area contributed by atoms with Crippen LogP contribution in [0, 0.1) is 0 Å². The molecule has 0 saturated heterocycles. The first kappa shape index (κ1) is 16.0. The van der Waals surface area contributed by atoms with E-state index in [-0.39, 0.29) is 5.69 Å². The van der Waals surface area contributed by atoms with Gasteiger partial charge in [-0.05, 0) is 48.0 Å². The average molecular weight is 364 g/mol. The topological polar surface area (TPSA) is 39.9 Å². The molecule has 2 rings (SSSR count). The van der Waals surface area contributed by atoms with Crippen molar-refractivity contribution >= 4 is 15.9 Å². The van der Waals surface area contributed by atoms with E-state index in [1.807, 2.05) is 0 Å². The first-order valence-electron chi connectivity index (χ1n) is 6.23. The Hall–Kier alpha value is -1.41. The van der Waals surface area contributed by atoms with E-state index in [1.54, 1.807) is 19.1 Å². The predicted molar refractivity (Wildman–Crippen MR) is 74.5 cm³/mol. The Morgan fingerprint density at radius 3 is 2.71 bits per heavy atom. The summed E-state index contributed by atoms with van der Waals surface area (Å²) in [7, 11) is 0. The van der Waals surface area contributed by atoms with Crippen LogP contribution in [-0.2, 0) is 10.9 Å². The maximum Gasteiger partial charge on any atom is 0.433 e. The number of pyridine rings is 1. The van der Waals surface area contributed by atoms with Crippen LogP contribution in [0.15, 0.2) is 28.9 Å². The molecule has 2 aromatic heterocycles. The lowest BCUT2D eigenvalue weighted by Crippen LogP contribution is -2.19. The minimum Gasteiger partial charge on any atom is -0.357 e. The van der Waals surface area contributed by atoms with Crippen molar-refractivity contribution < 1.29 is 17.9 Å². The van der Waals surface area contributed by atoms with Crippen LogP contribution in [0.1, 0.15) is 25.8 Å². The van der Waals surface area contributed by atoms with Crippen LogP contribution in [0.5, 0.6) is 0 Å². The second kappa shape index (κ2) is 6.15. The van der Waals surface area contributed by atoms with E-state index >= 15 is 0 Å². The molecule has 0 aliphatic carbocycles. The molecule has 0 fully saturated rings. The summed E-state index contributed by atoms with van der Waals surface area (Å²) < 4.78 is 46.0. The highest BCUT2D eigenvalue weighted by Gasteiger charge is 2.37. The summed E-state index contributed by atoms with van der Waals surface area (Å²) in [6.45, 7) is 3.52. The second-order valence-electron chi connectivity index (χ2n) is 4.25. The zero-order valence-corrected chi connectivity index (χ0v) is 12.9. The number of alkyl halides is 3. The molecular formula is C13H13BrF3N3O. The largest absolute Gasteiger partial charge is 0.433 e. The summed E-state index contributed by atoms with van der Waals surface area (Å²) in [4.78, 5) is 4.06. The van der Waals surface area contributed by atoms with Crippen LogP contribution in [0.2, 0.25) is 0 Å².